The number of methoxy groups -OCH3 is 1. The van der Waals surface area contributed by atoms with Gasteiger partial charge in [-0.2, -0.15) is 0 Å². The fraction of sp³-hybridized carbons (Fsp3) is 0.367. The van der Waals surface area contributed by atoms with E-state index in [2.05, 4.69) is 5.32 Å². The third-order valence-electron chi connectivity index (χ3n) is 7.09. The third-order valence-corrected chi connectivity index (χ3v) is 7.09. The fourth-order valence-corrected chi connectivity index (χ4v) is 5.50. The predicted molar refractivity (Wildman–Crippen MR) is 139 cm³/mol. The topological polar surface area (TPSA) is 90.9 Å². The number of dihydropyridines is 1. The third kappa shape index (κ3) is 4.78. The van der Waals surface area contributed by atoms with E-state index >= 15 is 0 Å². The number of hydrogen-bond donors (Lipinski definition) is 1. The summed E-state index contributed by atoms with van der Waals surface area (Å²) in [4.78, 5) is 40.9. The SMILES string of the molecule is CCOC(=O)C1=C(C)NC2=C(C(=O)[C@H](C(=O)OCC)[C@@H](c3ccccc3OC)C2)[C@H]1c1ccccc1C. The molecule has 0 fully saturated rings. The largest absolute Gasteiger partial charge is 0.496 e. The first kappa shape index (κ1) is 26.2. The maximum Gasteiger partial charge on any atom is 0.336 e. The van der Waals surface area contributed by atoms with Crippen LogP contribution < -0.4 is 10.1 Å². The molecule has 0 saturated carbocycles. The molecule has 0 bridgehead atoms. The van der Waals surface area contributed by atoms with Crippen molar-refractivity contribution in [1.29, 1.82) is 0 Å². The number of hydrogen-bond acceptors (Lipinski definition) is 7. The van der Waals surface area contributed by atoms with Crippen LogP contribution in [-0.2, 0) is 23.9 Å². The maximum atomic E-state index is 14.4. The van der Waals surface area contributed by atoms with Crippen molar-refractivity contribution in [2.45, 2.75) is 46.0 Å². The van der Waals surface area contributed by atoms with E-state index in [1.807, 2.05) is 62.4 Å². The predicted octanol–water partition coefficient (Wildman–Crippen LogP) is 4.72. The molecule has 1 aliphatic heterocycles. The summed E-state index contributed by atoms with van der Waals surface area (Å²) >= 11 is 0. The summed E-state index contributed by atoms with van der Waals surface area (Å²) in [7, 11) is 1.57. The second-order valence-electron chi connectivity index (χ2n) is 9.21. The van der Waals surface area contributed by atoms with Crippen molar-refractivity contribution in [3.05, 3.63) is 87.8 Å². The summed E-state index contributed by atoms with van der Waals surface area (Å²) < 4.78 is 16.4. The highest BCUT2D eigenvalue weighted by molar-refractivity contribution is 6.13. The van der Waals surface area contributed by atoms with E-state index in [1.165, 1.54) is 0 Å². The summed E-state index contributed by atoms with van der Waals surface area (Å²) in [5.74, 6) is -3.06. The number of rotatable bonds is 7. The van der Waals surface area contributed by atoms with Crippen LogP contribution in [0.3, 0.4) is 0 Å². The molecule has 1 aliphatic carbocycles. The van der Waals surface area contributed by atoms with Gasteiger partial charge in [-0.25, -0.2) is 4.79 Å². The van der Waals surface area contributed by atoms with Gasteiger partial charge >= 0.3 is 11.9 Å². The number of nitrogens with one attached hydrogen (secondary N) is 1. The molecule has 4 rings (SSSR count). The lowest BCUT2D eigenvalue weighted by molar-refractivity contribution is -0.152. The molecule has 1 heterocycles. The quantitative estimate of drug-likeness (QED) is 0.432. The highest BCUT2D eigenvalue weighted by atomic mass is 16.5. The van der Waals surface area contributed by atoms with Gasteiger partial charge in [-0.15, -0.1) is 0 Å². The van der Waals surface area contributed by atoms with Crippen molar-refractivity contribution < 1.29 is 28.6 Å². The van der Waals surface area contributed by atoms with Gasteiger partial charge in [0.25, 0.3) is 0 Å². The van der Waals surface area contributed by atoms with Gasteiger partial charge in [0.15, 0.2) is 5.78 Å². The van der Waals surface area contributed by atoms with Crippen LogP contribution in [0.25, 0.3) is 0 Å². The average Bonchev–Trinajstić information content (AvgIpc) is 2.88. The fourth-order valence-electron chi connectivity index (χ4n) is 5.50. The Hall–Kier alpha value is -3.87. The minimum Gasteiger partial charge on any atom is -0.496 e. The van der Waals surface area contributed by atoms with Crippen LogP contribution >= 0.6 is 0 Å². The van der Waals surface area contributed by atoms with E-state index in [4.69, 9.17) is 14.2 Å². The van der Waals surface area contributed by atoms with E-state index in [-0.39, 0.29) is 19.0 Å². The van der Waals surface area contributed by atoms with Crippen molar-refractivity contribution in [1.82, 2.24) is 5.32 Å². The van der Waals surface area contributed by atoms with Gasteiger partial charge in [0.2, 0.25) is 0 Å². The monoisotopic (exact) mass is 503 g/mol. The Kier molecular flexibility index (Phi) is 7.81. The van der Waals surface area contributed by atoms with E-state index in [0.717, 1.165) is 16.7 Å². The van der Waals surface area contributed by atoms with Gasteiger partial charge in [0.1, 0.15) is 11.7 Å². The second-order valence-corrected chi connectivity index (χ2v) is 9.21. The Morgan fingerprint density at radius 2 is 1.59 bits per heavy atom. The molecule has 0 unspecified atom stereocenters. The average molecular weight is 504 g/mol. The van der Waals surface area contributed by atoms with Gasteiger partial charge < -0.3 is 19.5 Å². The number of para-hydroxylation sites is 1. The molecule has 7 heteroatoms. The van der Waals surface area contributed by atoms with Gasteiger partial charge in [-0.3, -0.25) is 9.59 Å². The Labute approximate surface area is 217 Å². The molecule has 3 atom stereocenters. The summed E-state index contributed by atoms with van der Waals surface area (Å²) in [5.41, 5.74) is 4.63. The number of Topliss-reactive ketones (excluding diaryl/α,β-unsaturated/α-hetero) is 1. The van der Waals surface area contributed by atoms with Crippen LogP contribution in [0.4, 0.5) is 0 Å². The number of benzene rings is 2. The maximum absolute atomic E-state index is 14.4. The van der Waals surface area contributed by atoms with Gasteiger partial charge in [-0.1, -0.05) is 42.5 Å². The normalized spacial score (nSPS) is 21.2. The zero-order chi connectivity index (χ0) is 26.7. The molecule has 2 aromatic carbocycles. The molecule has 194 valence electrons. The Balaban J connectivity index is 1.94. The summed E-state index contributed by atoms with van der Waals surface area (Å²) in [6.45, 7) is 7.59. The minimum absolute atomic E-state index is 0.153. The molecular weight excluding hydrogens is 470 g/mol. The zero-order valence-electron chi connectivity index (χ0n) is 21.9. The standard InChI is InChI=1S/C30H33NO6/c1-6-36-29(33)24-18(4)31-22-16-21(20-14-10-11-15-23(20)35-5)26(30(34)37-7-2)28(32)27(22)25(24)19-13-9-8-12-17(19)3/h8-15,21,25-26,31H,6-7,16H2,1-5H3/t21-,25+,26-/m1/s1. The smallest absolute Gasteiger partial charge is 0.336 e. The van der Waals surface area contributed by atoms with Crippen LogP contribution in [-0.4, -0.2) is 38.0 Å². The highest BCUT2D eigenvalue weighted by Crippen LogP contribution is 2.49. The van der Waals surface area contributed by atoms with Crippen molar-refractivity contribution in [2.24, 2.45) is 5.92 Å². The number of carbonyl (C=O) groups is 3. The lowest BCUT2D eigenvalue weighted by Gasteiger charge is -2.40. The Morgan fingerprint density at radius 3 is 2.24 bits per heavy atom. The van der Waals surface area contributed by atoms with Crippen LogP contribution in [0.1, 0.15) is 55.7 Å². The van der Waals surface area contributed by atoms with Crippen LogP contribution in [0.2, 0.25) is 0 Å². The first-order chi connectivity index (χ1) is 17.8. The summed E-state index contributed by atoms with van der Waals surface area (Å²) in [5, 5.41) is 3.33. The van der Waals surface area contributed by atoms with E-state index in [9.17, 15) is 14.4 Å². The van der Waals surface area contributed by atoms with Crippen molar-refractivity contribution in [3.63, 3.8) is 0 Å². The van der Waals surface area contributed by atoms with Crippen molar-refractivity contribution >= 4 is 17.7 Å². The first-order valence-electron chi connectivity index (χ1n) is 12.6. The number of esters is 2. The van der Waals surface area contributed by atoms with Crippen LogP contribution in [0.15, 0.2) is 71.1 Å². The number of aryl methyl sites for hydroxylation is 1. The van der Waals surface area contributed by atoms with E-state index in [1.54, 1.807) is 21.0 Å². The summed E-state index contributed by atoms with van der Waals surface area (Å²) in [6.07, 6.45) is 0.376. The number of ether oxygens (including phenoxy) is 3. The number of ketones is 1. The molecule has 2 aliphatic rings. The molecular formula is C30H33NO6. The minimum atomic E-state index is -1.08. The van der Waals surface area contributed by atoms with Crippen LogP contribution in [0.5, 0.6) is 5.75 Å². The zero-order valence-corrected chi connectivity index (χ0v) is 21.9. The molecule has 37 heavy (non-hydrogen) atoms. The lowest BCUT2D eigenvalue weighted by Crippen LogP contribution is -2.43. The summed E-state index contributed by atoms with van der Waals surface area (Å²) in [6, 6.07) is 15.1. The Morgan fingerprint density at radius 1 is 0.946 bits per heavy atom. The van der Waals surface area contributed by atoms with Crippen LogP contribution in [0, 0.1) is 12.8 Å². The number of carbonyl (C=O) groups excluding carboxylic acids is 3. The molecule has 0 amide bonds. The van der Waals surface area contributed by atoms with Crippen molar-refractivity contribution in [3.8, 4) is 5.75 Å². The molecule has 0 radical (unpaired) electrons. The van der Waals surface area contributed by atoms with Gasteiger partial charge in [0.05, 0.1) is 25.9 Å². The highest BCUT2D eigenvalue weighted by Gasteiger charge is 2.49. The van der Waals surface area contributed by atoms with E-state index in [0.29, 0.717) is 34.7 Å². The molecule has 0 aromatic heterocycles. The van der Waals surface area contributed by atoms with Crippen molar-refractivity contribution in [2.75, 3.05) is 20.3 Å². The number of allylic oxidation sites excluding steroid dienone is 3. The molecule has 7 nitrogen and oxygen atoms in total. The molecule has 0 spiro atoms. The van der Waals surface area contributed by atoms with Gasteiger partial charge in [0, 0.05) is 28.8 Å². The molecule has 2 aromatic rings. The first-order valence-corrected chi connectivity index (χ1v) is 12.6. The lowest BCUT2D eigenvalue weighted by atomic mass is 9.66. The van der Waals surface area contributed by atoms with Gasteiger partial charge in [-0.05, 0) is 56.9 Å². The second kappa shape index (κ2) is 11.0. The molecule has 0 saturated heterocycles. The molecule has 1 N–H and O–H groups in total. The van der Waals surface area contributed by atoms with E-state index < -0.39 is 29.7 Å². The Bertz CT molecular complexity index is 1290.